The monoisotopic (exact) mass is 316 g/mol. The van der Waals surface area contributed by atoms with Crippen LogP contribution in [0.3, 0.4) is 0 Å². The fourth-order valence-corrected chi connectivity index (χ4v) is 2.84. The van der Waals surface area contributed by atoms with Crippen molar-refractivity contribution in [2.24, 2.45) is 0 Å². The number of anilines is 1. The average molecular weight is 316 g/mol. The molecule has 0 aliphatic carbocycles. The summed E-state index contributed by atoms with van der Waals surface area (Å²) in [4.78, 5) is 31.8. The number of aromatic amines is 1. The van der Waals surface area contributed by atoms with Crippen LogP contribution in [0, 0.1) is 0 Å². The van der Waals surface area contributed by atoms with Gasteiger partial charge in [-0.25, -0.2) is 9.78 Å². The van der Waals surface area contributed by atoms with E-state index in [0.717, 1.165) is 43.4 Å². The Morgan fingerprint density at radius 3 is 3.00 bits per heavy atom. The number of fused-ring (bicyclic) bond motifs is 1. The Hall–Kier alpha value is -2.57. The Morgan fingerprint density at radius 2 is 2.30 bits per heavy atom. The minimum Gasteiger partial charge on any atom is -0.462 e. The molecule has 0 spiro atoms. The van der Waals surface area contributed by atoms with E-state index in [4.69, 9.17) is 4.74 Å². The maximum atomic E-state index is 12.0. The molecule has 1 saturated heterocycles. The molecule has 0 aromatic carbocycles. The summed E-state index contributed by atoms with van der Waals surface area (Å²) in [5.41, 5.74) is 2.02. The molecule has 3 heterocycles. The summed E-state index contributed by atoms with van der Waals surface area (Å²) < 4.78 is 5.06. The summed E-state index contributed by atoms with van der Waals surface area (Å²) in [5, 5.41) is 4.18. The van der Waals surface area contributed by atoms with Crippen molar-refractivity contribution in [2.75, 3.05) is 25.0 Å². The van der Waals surface area contributed by atoms with Gasteiger partial charge in [-0.1, -0.05) is 0 Å². The quantitative estimate of drug-likeness (QED) is 0.648. The summed E-state index contributed by atoms with van der Waals surface area (Å²) in [6.45, 7) is 3.64. The van der Waals surface area contributed by atoms with Gasteiger partial charge in [-0.2, -0.15) is 0 Å². The molecule has 1 aliphatic heterocycles. The molecule has 23 heavy (non-hydrogen) atoms. The van der Waals surface area contributed by atoms with Crippen molar-refractivity contribution in [3.8, 4) is 0 Å². The number of ether oxygens (including phenoxy) is 1. The van der Waals surface area contributed by atoms with Gasteiger partial charge in [0.25, 0.3) is 0 Å². The fraction of sp³-hybridized carbons (Fsp3) is 0.438. The maximum Gasteiger partial charge on any atom is 0.340 e. The van der Waals surface area contributed by atoms with Crippen LogP contribution in [0.5, 0.6) is 0 Å². The summed E-state index contributed by atoms with van der Waals surface area (Å²) >= 11 is 0. The third-order valence-corrected chi connectivity index (χ3v) is 4.08. The molecule has 7 heteroatoms. The molecule has 2 aromatic heterocycles. The second-order valence-electron chi connectivity index (χ2n) is 5.60. The van der Waals surface area contributed by atoms with E-state index in [2.05, 4.69) is 15.3 Å². The van der Waals surface area contributed by atoms with Gasteiger partial charge >= 0.3 is 5.97 Å². The van der Waals surface area contributed by atoms with Crippen LogP contribution in [0.1, 0.15) is 30.1 Å². The lowest BCUT2D eigenvalue weighted by atomic mass is 10.1. The van der Waals surface area contributed by atoms with E-state index in [-0.39, 0.29) is 5.97 Å². The van der Waals surface area contributed by atoms with Crippen LogP contribution in [0.4, 0.5) is 5.69 Å². The van der Waals surface area contributed by atoms with Crippen LogP contribution in [-0.4, -0.2) is 53.0 Å². The van der Waals surface area contributed by atoms with Crippen LogP contribution in [0.2, 0.25) is 0 Å². The highest BCUT2D eigenvalue weighted by Crippen LogP contribution is 2.23. The molecular weight excluding hydrogens is 296 g/mol. The normalized spacial score (nSPS) is 15.6. The number of nitrogens with one attached hydrogen (secondary N) is 2. The smallest absolute Gasteiger partial charge is 0.340 e. The second-order valence-corrected chi connectivity index (χ2v) is 5.60. The highest BCUT2D eigenvalue weighted by atomic mass is 16.5. The van der Waals surface area contributed by atoms with Gasteiger partial charge in [0, 0.05) is 30.7 Å². The predicted octanol–water partition coefficient (Wildman–Crippen LogP) is 1.77. The van der Waals surface area contributed by atoms with Gasteiger partial charge in [0.15, 0.2) is 0 Å². The van der Waals surface area contributed by atoms with Gasteiger partial charge in [0.05, 0.1) is 24.1 Å². The van der Waals surface area contributed by atoms with Gasteiger partial charge < -0.3 is 19.9 Å². The summed E-state index contributed by atoms with van der Waals surface area (Å²) in [5.74, 6) is -0.350. The molecular formula is C16H20N4O3. The molecule has 122 valence electrons. The molecule has 7 nitrogen and oxygen atoms in total. The SMILES string of the molecule is CCOC(=O)c1c[nH]c2ncc(NC3CCN(C=O)CC3)cc12. The average Bonchev–Trinajstić information content (AvgIpc) is 2.99. The Labute approximate surface area is 134 Å². The van der Waals surface area contributed by atoms with Gasteiger partial charge in [-0.15, -0.1) is 0 Å². The van der Waals surface area contributed by atoms with Crippen molar-refractivity contribution in [1.82, 2.24) is 14.9 Å². The molecule has 1 fully saturated rings. The van der Waals surface area contributed by atoms with Crippen LogP contribution >= 0.6 is 0 Å². The Kier molecular flexibility index (Phi) is 4.45. The third kappa shape index (κ3) is 3.28. The predicted molar refractivity (Wildman–Crippen MR) is 86.3 cm³/mol. The lowest BCUT2D eigenvalue weighted by molar-refractivity contribution is -0.118. The van der Waals surface area contributed by atoms with Crippen molar-refractivity contribution < 1.29 is 14.3 Å². The Morgan fingerprint density at radius 1 is 1.52 bits per heavy atom. The number of likely N-dealkylation sites (tertiary alicyclic amines) is 1. The number of piperidine rings is 1. The van der Waals surface area contributed by atoms with E-state index in [9.17, 15) is 9.59 Å². The zero-order valence-electron chi connectivity index (χ0n) is 13.0. The third-order valence-electron chi connectivity index (χ3n) is 4.08. The molecule has 0 unspecified atom stereocenters. The number of nitrogens with zero attached hydrogens (tertiary/aromatic N) is 2. The van der Waals surface area contributed by atoms with Gasteiger partial charge in [-0.05, 0) is 25.8 Å². The van der Waals surface area contributed by atoms with E-state index < -0.39 is 0 Å². The number of aromatic nitrogens is 2. The maximum absolute atomic E-state index is 12.0. The Balaban J connectivity index is 1.75. The zero-order valence-corrected chi connectivity index (χ0v) is 13.0. The van der Waals surface area contributed by atoms with Crippen molar-refractivity contribution in [3.63, 3.8) is 0 Å². The molecule has 0 radical (unpaired) electrons. The molecule has 2 aromatic rings. The summed E-state index contributed by atoms with van der Waals surface area (Å²) in [7, 11) is 0. The summed E-state index contributed by atoms with van der Waals surface area (Å²) in [6, 6.07) is 2.22. The largest absolute Gasteiger partial charge is 0.462 e. The number of H-pyrrole nitrogens is 1. The van der Waals surface area contributed by atoms with Crippen molar-refractivity contribution in [1.29, 1.82) is 0 Å². The van der Waals surface area contributed by atoms with Gasteiger partial charge in [0.1, 0.15) is 5.65 Å². The first-order valence-corrected chi connectivity index (χ1v) is 7.81. The number of carbonyl (C=O) groups excluding carboxylic acids is 2. The summed E-state index contributed by atoms with van der Waals surface area (Å²) in [6.07, 6.45) is 6.07. The van der Waals surface area contributed by atoms with E-state index in [0.29, 0.717) is 23.9 Å². The molecule has 1 aliphatic rings. The van der Waals surface area contributed by atoms with Crippen molar-refractivity contribution >= 4 is 29.1 Å². The minimum absolute atomic E-state index is 0.301. The number of esters is 1. The molecule has 3 rings (SSSR count). The lowest BCUT2D eigenvalue weighted by Gasteiger charge is -2.30. The minimum atomic E-state index is -0.350. The second kappa shape index (κ2) is 6.68. The first-order chi connectivity index (χ1) is 11.2. The van der Waals surface area contributed by atoms with E-state index in [1.807, 2.05) is 6.07 Å². The number of carbonyl (C=O) groups is 2. The standard InChI is InChI=1S/C16H20N4O3/c1-2-23-16(22)14-9-18-15-13(14)7-12(8-17-15)19-11-3-5-20(10-21)6-4-11/h7-11,19H,2-6H2,1H3,(H,17,18). The molecule has 0 saturated carbocycles. The van der Waals surface area contributed by atoms with E-state index in [1.165, 1.54) is 0 Å². The number of pyridine rings is 1. The lowest BCUT2D eigenvalue weighted by Crippen LogP contribution is -2.38. The molecule has 0 bridgehead atoms. The zero-order chi connectivity index (χ0) is 16.2. The molecule has 2 N–H and O–H groups in total. The number of amides is 1. The van der Waals surface area contributed by atoms with E-state index in [1.54, 1.807) is 24.2 Å². The topological polar surface area (TPSA) is 87.3 Å². The first-order valence-electron chi connectivity index (χ1n) is 7.81. The van der Waals surface area contributed by atoms with Gasteiger partial charge in [0.2, 0.25) is 6.41 Å². The van der Waals surface area contributed by atoms with Crippen LogP contribution in [-0.2, 0) is 9.53 Å². The van der Waals surface area contributed by atoms with Crippen molar-refractivity contribution in [3.05, 3.63) is 24.0 Å². The van der Waals surface area contributed by atoms with Crippen LogP contribution in [0.25, 0.3) is 11.0 Å². The number of hydrogen-bond donors (Lipinski definition) is 2. The number of rotatable bonds is 5. The van der Waals surface area contributed by atoms with Crippen molar-refractivity contribution in [2.45, 2.75) is 25.8 Å². The van der Waals surface area contributed by atoms with Gasteiger partial charge in [-0.3, -0.25) is 4.79 Å². The fourth-order valence-electron chi connectivity index (χ4n) is 2.84. The highest BCUT2D eigenvalue weighted by molar-refractivity contribution is 6.03. The first kappa shape index (κ1) is 15.3. The van der Waals surface area contributed by atoms with Crippen LogP contribution in [0.15, 0.2) is 18.5 Å². The van der Waals surface area contributed by atoms with Crippen LogP contribution < -0.4 is 5.32 Å². The number of hydrogen-bond acceptors (Lipinski definition) is 5. The molecule has 1 amide bonds. The molecule has 0 atom stereocenters. The van der Waals surface area contributed by atoms with E-state index >= 15 is 0 Å². The Bertz CT molecular complexity index is 704. The highest BCUT2D eigenvalue weighted by Gasteiger charge is 2.19.